The zero-order valence-electron chi connectivity index (χ0n) is 12.3. The van der Waals surface area contributed by atoms with Gasteiger partial charge >= 0.3 is 0 Å². The summed E-state index contributed by atoms with van der Waals surface area (Å²) in [7, 11) is 3.68. The molecule has 0 atom stereocenters. The van der Waals surface area contributed by atoms with Crippen molar-refractivity contribution in [3.8, 4) is 5.75 Å². The van der Waals surface area contributed by atoms with Gasteiger partial charge in [0.2, 0.25) is 0 Å². The van der Waals surface area contributed by atoms with E-state index in [9.17, 15) is 0 Å². The van der Waals surface area contributed by atoms with Gasteiger partial charge in [-0.15, -0.1) is 0 Å². The van der Waals surface area contributed by atoms with Gasteiger partial charge in [-0.1, -0.05) is 22.8 Å². The van der Waals surface area contributed by atoms with Gasteiger partial charge in [-0.2, -0.15) is 0 Å². The first kappa shape index (κ1) is 14.4. The lowest BCUT2D eigenvalue weighted by Crippen LogP contribution is -2.17. The molecule has 112 valence electrons. The zero-order valence-corrected chi connectivity index (χ0v) is 13.1. The predicted octanol–water partition coefficient (Wildman–Crippen LogP) is 3.85. The lowest BCUT2D eigenvalue weighted by Gasteiger charge is -2.15. The predicted molar refractivity (Wildman–Crippen MR) is 81.7 cm³/mol. The van der Waals surface area contributed by atoms with E-state index in [1.54, 1.807) is 7.11 Å². The van der Waals surface area contributed by atoms with E-state index in [2.05, 4.69) is 23.2 Å². The second-order valence-corrected chi connectivity index (χ2v) is 6.04. The maximum atomic E-state index is 6.15. The third kappa shape index (κ3) is 3.57. The molecule has 1 saturated carbocycles. The van der Waals surface area contributed by atoms with Crippen LogP contribution < -0.4 is 4.74 Å². The Morgan fingerprint density at radius 1 is 1.33 bits per heavy atom. The molecule has 0 saturated heterocycles. The Morgan fingerprint density at radius 2 is 2.14 bits per heavy atom. The Kier molecular flexibility index (Phi) is 4.17. The van der Waals surface area contributed by atoms with Crippen molar-refractivity contribution in [3.05, 3.63) is 46.3 Å². The molecule has 21 heavy (non-hydrogen) atoms. The van der Waals surface area contributed by atoms with Crippen LogP contribution in [0.5, 0.6) is 5.75 Å². The fraction of sp³-hybridized carbons (Fsp3) is 0.438. The fourth-order valence-electron chi connectivity index (χ4n) is 2.42. The second kappa shape index (κ2) is 6.08. The average Bonchev–Trinajstić information content (AvgIpc) is 3.20. The molecule has 0 N–H and O–H groups in total. The van der Waals surface area contributed by atoms with Gasteiger partial charge in [0, 0.05) is 25.1 Å². The molecule has 0 amide bonds. The van der Waals surface area contributed by atoms with Gasteiger partial charge in [0.15, 0.2) is 0 Å². The van der Waals surface area contributed by atoms with Gasteiger partial charge in [-0.3, -0.25) is 4.90 Å². The van der Waals surface area contributed by atoms with Crippen molar-refractivity contribution in [1.82, 2.24) is 10.1 Å². The Labute approximate surface area is 129 Å². The van der Waals surface area contributed by atoms with Gasteiger partial charge in [0.1, 0.15) is 11.5 Å². The standard InChI is InChI=1S/C16H19ClN2O2/c1-19(9-11-3-6-15(20-2)14(17)7-11)10-13-8-16(21-18-13)12-4-5-12/h3,6-8,12H,4-5,9-10H2,1-2H3. The highest BCUT2D eigenvalue weighted by molar-refractivity contribution is 6.32. The Hall–Kier alpha value is -1.52. The van der Waals surface area contributed by atoms with E-state index in [0.717, 1.165) is 30.1 Å². The SMILES string of the molecule is COc1ccc(CN(C)Cc2cc(C3CC3)on2)cc1Cl. The summed E-state index contributed by atoms with van der Waals surface area (Å²) in [6.45, 7) is 1.56. The first-order chi connectivity index (χ1) is 10.2. The van der Waals surface area contributed by atoms with E-state index < -0.39 is 0 Å². The highest BCUT2D eigenvalue weighted by Crippen LogP contribution is 2.40. The molecule has 0 bridgehead atoms. The summed E-state index contributed by atoms with van der Waals surface area (Å²) in [6.07, 6.45) is 2.46. The number of rotatable bonds is 6. The van der Waals surface area contributed by atoms with E-state index in [1.807, 2.05) is 18.2 Å². The molecule has 5 heteroatoms. The number of hydrogen-bond acceptors (Lipinski definition) is 4. The minimum atomic E-state index is 0.608. The summed E-state index contributed by atoms with van der Waals surface area (Å²) >= 11 is 6.15. The normalized spacial score (nSPS) is 14.7. The maximum Gasteiger partial charge on any atom is 0.140 e. The minimum Gasteiger partial charge on any atom is -0.495 e. The van der Waals surface area contributed by atoms with Gasteiger partial charge in [-0.05, 0) is 37.6 Å². The number of aromatic nitrogens is 1. The summed E-state index contributed by atoms with van der Waals surface area (Å²) in [5, 5.41) is 4.78. The van der Waals surface area contributed by atoms with E-state index in [4.69, 9.17) is 20.9 Å². The molecule has 1 aliphatic carbocycles. The molecular formula is C16H19ClN2O2. The fourth-order valence-corrected chi connectivity index (χ4v) is 2.70. The van der Waals surface area contributed by atoms with Crippen molar-refractivity contribution in [2.45, 2.75) is 31.8 Å². The van der Waals surface area contributed by atoms with Crippen LogP contribution >= 0.6 is 11.6 Å². The number of methoxy groups -OCH3 is 1. The quantitative estimate of drug-likeness (QED) is 0.812. The van der Waals surface area contributed by atoms with Crippen molar-refractivity contribution >= 4 is 11.6 Å². The Morgan fingerprint density at radius 3 is 2.81 bits per heavy atom. The summed E-state index contributed by atoms with van der Waals surface area (Å²) in [6, 6.07) is 7.94. The number of halogens is 1. The molecule has 4 nitrogen and oxygen atoms in total. The Balaban J connectivity index is 1.59. The molecule has 0 radical (unpaired) electrons. The average molecular weight is 307 g/mol. The zero-order chi connectivity index (χ0) is 14.8. The van der Waals surface area contributed by atoms with E-state index >= 15 is 0 Å². The highest BCUT2D eigenvalue weighted by atomic mass is 35.5. The molecule has 1 aromatic carbocycles. The third-order valence-corrected chi connectivity index (χ3v) is 3.95. The Bertz CT molecular complexity index is 622. The van der Waals surface area contributed by atoms with E-state index in [0.29, 0.717) is 16.7 Å². The number of ether oxygens (including phenoxy) is 1. The molecule has 0 spiro atoms. The van der Waals surface area contributed by atoms with Crippen molar-refractivity contribution in [2.24, 2.45) is 0 Å². The van der Waals surface area contributed by atoms with Crippen LogP contribution in [0.3, 0.4) is 0 Å². The van der Waals surface area contributed by atoms with Crippen LogP contribution in [0.25, 0.3) is 0 Å². The first-order valence-electron chi connectivity index (χ1n) is 7.12. The van der Waals surface area contributed by atoms with Crippen molar-refractivity contribution < 1.29 is 9.26 Å². The van der Waals surface area contributed by atoms with Gasteiger partial charge in [-0.25, -0.2) is 0 Å². The molecule has 2 aromatic rings. The summed E-state index contributed by atoms with van der Waals surface area (Å²) in [5.74, 6) is 2.34. The van der Waals surface area contributed by atoms with Crippen LogP contribution in [0.1, 0.15) is 35.8 Å². The van der Waals surface area contributed by atoms with Gasteiger partial charge in [0.25, 0.3) is 0 Å². The topological polar surface area (TPSA) is 38.5 Å². The molecule has 0 unspecified atom stereocenters. The highest BCUT2D eigenvalue weighted by Gasteiger charge is 2.27. The van der Waals surface area contributed by atoms with Crippen molar-refractivity contribution in [1.29, 1.82) is 0 Å². The molecule has 1 aliphatic rings. The van der Waals surface area contributed by atoms with Crippen LogP contribution in [-0.4, -0.2) is 24.2 Å². The van der Waals surface area contributed by atoms with Gasteiger partial charge in [0.05, 0.1) is 17.8 Å². The minimum absolute atomic E-state index is 0.608. The largest absolute Gasteiger partial charge is 0.495 e. The van der Waals surface area contributed by atoms with Crippen LogP contribution in [0.2, 0.25) is 5.02 Å². The molecule has 1 fully saturated rings. The maximum absolute atomic E-state index is 6.15. The molecule has 1 aromatic heterocycles. The second-order valence-electron chi connectivity index (χ2n) is 5.64. The summed E-state index contributed by atoms with van der Waals surface area (Å²) in [4.78, 5) is 2.19. The lowest BCUT2D eigenvalue weighted by molar-refractivity contribution is 0.300. The smallest absolute Gasteiger partial charge is 0.140 e. The number of hydrogen-bond donors (Lipinski definition) is 0. The van der Waals surface area contributed by atoms with Crippen molar-refractivity contribution in [3.63, 3.8) is 0 Å². The van der Waals surface area contributed by atoms with Crippen LogP contribution in [0.4, 0.5) is 0 Å². The monoisotopic (exact) mass is 306 g/mol. The number of nitrogens with zero attached hydrogens (tertiary/aromatic N) is 2. The number of benzene rings is 1. The molecule has 3 rings (SSSR count). The molecule has 1 heterocycles. The van der Waals surface area contributed by atoms with E-state index in [1.165, 1.54) is 12.8 Å². The van der Waals surface area contributed by atoms with Crippen molar-refractivity contribution in [2.75, 3.05) is 14.2 Å². The van der Waals surface area contributed by atoms with E-state index in [-0.39, 0.29) is 0 Å². The summed E-state index contributed by atoms with van der Waals surface area (Å²) in [5.41, 5.74) is 2.13. The van der Waals surface area contributed by atoms with Crippen LogP contribution in [0, 0.1) is 0 Å². The molecular weight excluding hydrogens is 288 g/mol. The summed E-state index contributed by atoms with van der Waals surface area (Å²) < 4.78 is 10.5. The third-order valence-electron chi connectivity index (χ3n) is 3.66. The van der Waals surface area contributed by atoms with Gasteiger partial charge < -0.3 is 9.26 Å². The lowest BCUT2D eigenvalue weighted by atomic mass is 10.2. The molecule has 0 aliphatic heterocycles. The van der Waals surface area contributed by atoms with Crippen LogP contribution in [0.15, 0.2) is 28.8 Å². The van der Waals surface area contributed by atoms with Crippen LogP contribution in [-0.2, 0) is 13.1 Å². The first-order valence-corrected chi connectivity index (χ1v) is 7.50.